The molecule has 0 radical (unpaired) electrons. The van der Waals surface area contributed by atoms with Gasteiger partial charge >= 0.3 is 0 Å². The number of nitro benzene ring substituents is 1. The van der Waals surface area contributed by atoms with Crippen LogP contribution in [0.5, 0.6) is 5.75 Å². The molecular formula is C17H18N2O4. The lowest BCUT2D eigenvalue weighted by Crippen LogP contribution is -2.15. The second-order valence-corrected chi connectivity index (χ2v) is 5.06. The van der Waals surface area contributed by atoms with Gasteiger partial charge in [-0.3, -0.25) is 14.9 Å². The molecule has 2 aromatic rings. The summed E-state index contributed by atoms with van der Waals surface area (Å²) in [5.74, 6) is -0.144. The zero-order chi connectivity index (χ0) is 17.0. The monoisotopic (exact) mass is 314 g/mol. The molecule has 6 heteroatoms. The molecule has 0 saturated heterocycles. The third-order valence-corrected chi connectivity index (χ3v) is 3.62. The first-order valence-electron chi connectivity index (χ1n) is 7.20. The molecule has 0 fully saturated rings. The Balaban J connectivity index is 2.42. The van der Waals surface area contributed by atoms with E-state index in [0.29, 0.717) is 5.75 Å². The van der Waals surface area contributed by atoms with E-state index in [2.05, 4.69) is 5.32 Å². The van der Waals surface area contributed by atoms with Gasteiger partial charge in [-0.25, -0.2) is 0 Å². The first-order chi connectivity index (χ1) is 11.0. The summed E-state index contributed by atoms with van der Waals surface area (Å²) in [5, 5.41) is 13.8. The van der Waals surface area contributed by atoms with Crippen LogP contribution in [0.2, 0.25) is 0 Å². The van der Waals surface area contributed by atoms with Crippen molar-refractivity contribution in [3.63, 3.8) is 0 Å². The normalized spacial score (nSPS) is 10.2. The molecule has 0 atom stereocenters. The van der Waals surface area contributed by atoms with Crippen molar-refractivity contribution >= 4 is 17.3 Å². The van der Waals surface area contributed by atoms with Crippen molar-refractivity contribution in [2.24, 2.45) is 0 Å². The van der Waals surface area contributed by atoms with E-state index in [4.69, 9.17) is 4.74 Å². The van der Waals surface area contributed by atoms with E-state index in [1.165, 1.54) is 25.3 Å². The predicted octanol–water partition coefficient (Wildman–Crippen LogP) is 3.73. The minimum atomic E-state index is -0.540. The van der Waals surface area contributed by atoms with Gasteiger partial charge in [0.05, 0.1) is 17.6 Å². The third kappa shape index (κ3) is 3.48. The molecule has 0 saturated carbocycles. The lowest BCUT2D eigenvalue weighted by Gasteiger charge is -2.14. The zero-order valence-corrected chi connectivity index (χ0v) is 13.3. The molecular weight excluding hydrogens is 296 g/mol. The third-order valence-electron chi connectivity index (χ3n) is 3.62. The summed E-state index contributed by atoms with van der Waals surface area (Å²) in [6, 6.07) is 9.72. The Morgan fingerprint density at radius 3 is 2.65 bits per heavy atom. The van der Waals surface area contributed by atoms with E-state index >= 15 is 0 Å². The standard InChI is InChI=1S/C17H18N2O4/c1-4-12-7-5-6-11(2)16(12)18-17(20)14-10-13(19(21)22)8-9-15(14)23-3/h5-10H,4H2,1-3H3,(H,18,20). The fourth-order valence-electron chi connectivity index (χ4n) is 2.37. The number of hydrogen-bond donors (Lipinski definition) is 1. The molecule has 2 rings (SSSR count). The number of nitrogens with zero attached hydrogens (tertiary/aromatic N) is 1. The van der Waals surface area contributed by atoms with Gasteiger partial charge in [0.25, 0.3) is 11.6 Å². The van der Waals surface area contributed by atoms with Crippen LogP contribution in [0.1, 0.15) is 28.4 Å². The summed E-state index contributed by atoms with van der Waals surface area (Å²) in [5.41, 5.74) is 2.64. The molecule has 0 aliphatic heterocycles. The lowest BCUT2D eigenvalue weighted by atomic mass is 10.0. The molecule has 0 aliphatic carbocycles. The summed E-state index contributed by atoms with van der Waals surface area (Å²) in [4.78, 5) is 23.0. The van der Waals surface area contributed by atoms with Crippen molar-refractivity contribution in [3.05, 3.63) is 63.2 Å². The number of carbonyl (C=O) groups is 1. The maximum atomic E-state index is 12.6. The minimum Gasteiger partial charge on any atom is -0.496 e. The van der Waals surface area contributed by atoms with Crippen LogP contribution in [0, 0.1) is 17.0 Å². The maximum absolute atomic E-state index is 12.6. The highest BCUT2D eigenvalue weighted by molar-refractivity contribution is 6.07. The van der Waals surface area contributed by atoms with Crippen LogP contribution >= 0.6 is 0 Å². The quantitative estimate of drug-likeness (QED) is 0.673. The number of hydrogen-bond acceptors (Lipinski definition) is 4. The molecule has 23 heavy (non-hydrogen) atoms. The Labute approximate surface area is 134 Å². The number of rotatable bonds is 5. The second kappa shape index (κ2) is 6.91. The molecule has 2 aromatic carbocycles. The molecule has 1 N–H and O–H groups in total. The number of aryl methyl sites for hydroxylation is 2. The Morgan fingerprint density at radius 1 is 1.30 bits per heavy atom. The number of benzene rings is 2. The average molecular weight is 314 g/mol. The highest BCUT2D eigenvalue weighted by Gasteiger charge is 2.19. The van der Waals surface area contributed by atoms with Gasteiger partial charge in [-0.15, -0.1) is 0 Å². The van der Waals surface area contributed by atoms with Crippen LogP contribution in [0.25, 0.3) is 0 Å². The van der Waals surface area contributed by atoms with Crippen LogP contribution in [-0.4, -0.2) is 17.9 Å². The lowest BCUT2D eigenvalue weighted by molar-refractivity contribution is -0.384. The van der Waals surface area contributed by atoms with Gasteiger partial charge < -0.3 is 10.1 Å². The van der Waals surface area contributed by atoms with Crippen molar-refractivity contribution in [1.82, 2.24) is 0 Å². The first kappa shape index (κ1) is 16.5. The molecule has 120 valence electrons. The molecule has 0 aromatic heterocycles. The van der Waals surface area contributed by atoms with Gasteiger partial charge in [0.2, 0.25) is 0 Å². The zero-order valence-electron chi connectivity index (χ0n) is 13.3. The summed E-state index contributed by atoms with van der Waals surface area (Å²) < 4.78 is 5.14. The topological polar surface area (TPSA) is 81.5 Å². The predicted molar refractivity (Wildman–Crippen MR) is 88.2 cm³/mol. The van der Waals surface area contributed by atoms with Gasteiger partial charge in [-0.1, -0.05) is 25.1 Å². The number of methoxy groups -OCH3 is 1. The number of ether oxygens (including phenoxy) is 1. The molecule has 0 unspecified atom stereocenters. The van der Waals surface area contributed by atoms with E-state index in [9.17, 15) is 14.9 Å². The van der Waals surface area contributed by atoms with Crippen molar-refractivity contribution in [3.8, 4) is 5.75 Å². The molecule has 0 bridgehead atoms. The van der Waals surface area contributed by atoms with Crippen molar-refractivity contribution in [1.29, 1.82) is 0 Å². The SMILES string of the molecule is CCc1cccc(C)c1NC(=O)c1cc([N+](=O)[O-])ccc1OC. The van der Waals surface area contributed by atoms with E-state index in [0.717, 1.165) is 23.2 Å². The smallest absolute Gasteiger partial charge is 0.270 e. The number of para-hydroxylation sites is 1. The van der Waals surface area contributed by atoms with E-state index in [-0.39, 0.29) is 11.3 Å². The van der Waals surface area contributed by atoms with E-state index in [1.807, 2.05) is 32.0 Å². The van der Waals surface area contributed by atoms with Crippen molar-refractivity contribution in [2.45, 2.75) is 20.3 Å². The number of nitro groups is 1. The Bertz CT molecular complexity index is 756. The number of carbonyl (C=O) groups excluding carboxylic acids is 1. The Hall–Kier alpha value is -2.89. The summed E-state index contributed by atoms with van der Waals surface area (Å²) >= 11 is 0. The van der Waals surface area contributed by atoms with Gasteiger partial charge in [0, 0.05) is 17.8 Å². The van der Waals surface area contributed by atoms with Crippen molar-refractivity contribution in [2.75, 3.05) is 12.4 Å². The van der Waals surface area contributed by atoms with Crippen LogP contribution < -0.4 is 10.1 Å². The fourth-order valence-corrected chi connectivity index (χ4v) is 2.37. The van der Waals surface area contributed by atoms with E-state index < -0.39 is 10.8 Å². The van der Waals surface area contributed by atoms with Gasteiger partial charge in [0.1, 0.15) is 5.75 Å². The number of amides is 1. The maximum Gasteiger partial charge on any atom is 0.270 e. The van der Waals surface area contributed by atoms with Gasteiger partial charge in [-0.05, 0) is 30.5 Å². The second-order valence-electron chi connectivity index (χ2n) is 5.06. The summed E-state index contributed by atoms with van der Waals surface area (Å²) in [7, 11) is 1.42. The molecule has 0 spiro atoms. The first-order valence-corrected chi connectivity index (χ1v) is 7.20. The Morgan fingerprint density at radius 2 is 2.04 bits per heavy atom. The summed E-state index contributed by atoms with van der Waals surface area (Å²) in [6.07, 6.45) is 0.767. The van der Waals surface area contributed by atoms with Crippen LogP contribution in [0.3, 0.4) is 0 Å². The number of anilines is 1. The average Bonchev–Trinajstić information content (AvgIpc) is 2.55. The molecule has 6 nitrogen and oxygen atoms in total. The fraction of sp³-hybridized carbons (Fsp3) is 0.235. The summed E-state index contributed by atoms with van der Waals surface area (Å²) in [6.45, 7) is 3.90. The van der Waals surface area contributed by atoms with Crippen LogP contribution in [-0.2, 0) is 6.42 Å². The largest absolute Gasteiger partial charge is 0.496 e. The highest BCUT2D eigenvalue weighted by Crippen LogP contribution is 2.27. The molecule has 0 aliphatic rings. The van der Waals surface area contributed by atoms with Crippen molar-refractivity contribution < 1.29 is 14.5 Å². The van der Waals surface area contributed by atoms with Gasteiger partial charge in [-0.2, -0.15) is 0 Å². The van der Waals surface area contributed by atoms with Crippen LogP contribution in [0.15, 0.2) is 36.4 Å². The number of non-ortho nitro benzene ring substituents is 1. The minimum absolute atomic E-state index is 0.131. The van der Waals surface area contributed by atoms with Gasteiger partial charge in [0.15, 0.2) is 0 Å². The molecule has 1 amide bonds. The molecule has 0 heterocycles. The highest BCUT2D eigenvalue weighted by atomic mass is 16.6. The van der Waals surface area contributed by atoms with E-state index in [1.54, 1.807) is 0 Å². The Kier molecular flexibility index (Phi) is 4.95. The van der Waals surface area contributed by atoms with Crippen LogP contribution in [0.4, 0.5) is 11.4 Å². The number of nitrogens with one attached hydrogen (secondary N) is 1.